The average Bonchev–Trinajstić information content (AvgIpc) is 3.78. The highest BCUT2D eigenvalue weighted by atomic mass is 15.1. The summed E-state index contributed by atoms with van der Waals surface area (Å²) in [5.74, 6) is 0. The topological polar surface area (TPSA) is 19.0 Å². The van der Waals surface area contributed by atoms with Crippen molar-refractivity contribution in [3.8, 4) is 44.5 Å². The SMILES string of the molecule is Cc1ccccc1-c1ccc(-c2ccc(N(c3ccc4c(c3)-c3ccccc3C4)c3ccc(-c4ccccc4)c4[nH]c5ccccc5c34)cc2)cc1C. The Morgan fingerprint density at radius 1 is 0.434 bits per heavy atom. The molecule has 1 heterocycles. The third-order valence-corrected chi connectivity index (χ3v) is 11.1. The predicted octanol–water partition coefficient (Wildman–Crippen LogP) is 14.0. The number of para-hydroxylation sites is 1. The summed E-state index contributed by atoms with van der Waals surface area (Å²) in [6.45, 7) is 4.41. The van der Waals surface area contributed by atoms with Crippen LogP contribution in [-0.4, -0.2) is 4.98 Å². The second-order valence-electron chi connectivity index (χ2n) is 14.3. The average molecular weight is 679 g/mol. The normalized spacial score (nSPS) is 11.9. The molecule has 0 amide bonds. The number of aromatic amines is 1. The van der Waals surface area contributed by atoms with Crippen LogP contribution in [0.4, 0.5) is 17.1 Å². The first-order valence-electron chi connectivity index (χ1n) is 18.5. The first kappa shape index (κ1) is 31.1. The van der Waals surface area contributed by atoms with Crippen LogP contribution in [0.5, 0.6) is 0 Å². The zero-order chi connectivity index (χ0) is 35.5. The molecule has 0 spiro atoms. The van der Waals surface area contributed by atoms with Gasteiger partial charge in [-0.15, -0.1) is 0 Å². The molecule has 10 rings (SSSR count). The first-order valence-corrected chi connectivity index (χ1v) is 18.5. The molecule has 252 valence electrons. The van der Waals surface area contributed by atoms with Crippen LogP contribution in [0.3, 0.4) is 0 Å². The van der Waals surface area contributed by atoms with E-state index < -0.39 is 0 Å². The molecule has 53 heavy (non-hydrogen) atoms. The fraction of sp³-hybridized carbons (Fsp3) is 0.0588. The predicted molar refractivity (Wildman–Crippen MR) is 225 cm³/mol. The maximum atomic E-state index is 3.83. The van der Waals surface area contributed by atoms with Gasteiger partial charge in [0.05, 0.1) is 11.2 Å². The van der Waals surface area contributed by atoms with Gasteiger partial charge in [-0.3, -0.25) is 0 Å². The Morgan fingerprint density at radius 3 is 1.92 bits per heavy atom. The minimum absolute atomic E-state index is 0.973. The summed E-state index contributed by atoms with van der Waals surface area (Å²) in [5.41, 5.74) is 21.1. The van der Waals surface area contributed by atoms with E-state index in [1.54, 1.807) is 0 Å². The summed E-state index contributed by atoms with van der Waals surface area (Å²) >= 11 is 0. The van der Waals surface area contributed by atoms with Gasteiger partial charge in [0, 0.05) is 33.2 Å². The van der Waals surface area contributed by atoms with Gasteiger partial charge in [-0.05, 0) is 118 Å². The number of hydrogen-bond donors (Lipinski definition) is 1. The van der Waals surface area contributed by atoms with Gasteiger partial charge in [-0.2, -0.15) is 0 Å². The van der Waals surface area contributed by atoms with E-state index in [9.17, 15) is 0 Å². The Morgan fingerprint density at radius 2 is 1.09 bits per heavy atom. The second-order valence-corrected chi connectivity index (χ2v) is 14.3. The second kappa shape index (κ2) is 12.5. The first-order chi connectivity index (χ1) is 26.1. The van der Waals surface area contributed by atoms with Crippen LogP contribution in [0.2, 0.25) is 0 Å². The van der Waals surface area contributed by atoms with E-state index in [1.807, 2.05) is 0 Å². The minimum Gasteiger partial charge on any atom is -0.354 e. The van der Waals surface area contributed by atoms with Gasteiger partial charge in [0.15, 0.2) is 0 Å². The maximum Gasteiger partial charge on any atom is 0.0565 e. The van der Waals surface area contributed by atoms with E-state index >= 15 is 0 Å². The van der Waals surface area contributed by atoms with Crippen LogP contribution in [0.15, 0.2) is 176 Å². The Hall–Kier alpha value is -6.64. The molecule has 0 bridgehead atoms. The third-order valence-electron chi connectivity index (χ3n) is 11.1. The lowest BCUT2D eigenvalue weighted by molar-refractivity contribution is 1.25. The molecule has 1 aliphatic rings. The van der Waals surface area contributed by atoms with E-state index in [1.165, 1.54) is 77.5 Å². The highest BCUT2D eigenvalue weighted by molar-refractivity contribution is 6.19. The smallest absolute Gasteiger partial charge is 0.0565 e. The molecule has 0 saturated heterocycles. The van der Waals surface area contributed by atoms with E-state index in [0.717, 1.165) is 34.5 Å². The summed E-state index contributed by atoms with van der Waals surface area (Å²) < 4.78 is 0. The van der Waals surface area contributed by atoms with E-state index in [0.29, 0.717) is 0 Å². The quantitative estimate of drug-likeness (QED) is 0.185. The van der Waals surface area contributed by atoms with Crippen molar-refractivity contribution in [2.75, 3.05) is 4.90 Å². The van der Waals surface area contributed by atoms with Gasteiger partial charge < -0.3 is 9.88 Å². The van der Waals surface area contributed by atoms with Crippen LogP contribution >= 0.6 is 0 Å². The number of rotatable bonds is 6. The highest BCUT2D eigenvalue weighted by Crippen LogP contribution is 2.47. The number of nitrogens with zero attached hydrogens (tertiary/aromatic N) is 1. The van der Waals surface area contributed by atoms with Crippen molar-refractivity contribution in [2.24, 2.45) is 0 Å². The Kier molecular flexibility index (Phi) is 7.37. The lowest BCUT2D eigenvalue weighted by atomic mass is 9.93. The standard InChI is InChI=1S/C51H38N2/c1-33-12-6-8-16-42(33)43-27-23-37(30-34(43)2)35-20-24-40(25-21-35)53(41-26-22-39-31-38-15-7-9-17-44(38)47(39)32-41)49-29-28-45(36-13-4-3-5-14-36)51-50(49)46-18-10-11-19-48(46)52-51/h3-30,32,52H,31H2,1-2H3. The number of H-pyrrole nitrogens is 1. The molecule has 8 aromatic carbocycles. The molecular formula is C51H38N2. The molecular weight excluding hydrogens is 641 g/mol. The van der Waals surface area contributed by atoms with Crippen LogP contribution in [0.25, 0.3) is 66.3 Å². The van der Waals surface area contributed by atoms with Crippen molar-refractivity contribution in [1.29, 1.82) is 0 Å². The molecule has 2 nitrogen and oxygen atoms in total. The van der Waals surface area contributed by atoms with Gasteiger partial charge in [0.2, 0.25) is 0 Å². The molecule has 1 aliphatic carbocycles. The van der Waals surface area contributed by atoms with Crippen molar-refractivity contribution in [1.82, 2.24) is 4.98 Å². The largest absolute Gasteiger partial charge is 0.354 e. The highest BCUT2D eigenvalue weighted by Gasteiger charge is 2.24. The Bertz CT molecular complexity index is 2820. The van der Waals surface area contributed by atoms with Crippen LogP contribution in [-0.2, 0) is 6.42 Å². The summed E-state index contributed by atoms with van der Waals surface area (Å²) in [6.07, 6.45) is 0.973. The van der Waals surface area contributed by atoms with Crippen molar-refractivity contribution >= 4 is 38.9 Å². The molecule has 0 aliphatic heterocycles. The summed E-state index contributed by atoms with van der Waals surface area (Å²) in [5, 5.41) is 2.43. The Labute approximate surface area is 310 Å². The summed E-state index contributed by atoms with van der Waals surface area (Å²) in [6, 6.07) is 64.5. The van der Waals surface area contributed by atoms with Gasteiger partial charge >= 0.3 is 0 Å². The van der Waals surface area contributed by atoms with Crippen molar-refractivity contribution in [3.05, 3.63) is 198 Å². The van der Waals surface area contributed by atoms with E-state index in [-0.39, 0.29) is 0 Å². The number of fused-ring (bicyclic) bond motifs is 6. The van der Waals surface area contributed by atoms with Crippen LogP contribution < -0.4 is 4.90 Å². The van der Waals surface area contributed by atoms with Gasteiger partial charge in [-0.1, -0.05) is 140 Å². The Balaban J connectivity index is 1.15. The lowest BCUT2D eigenvalue weighted by Crippen LogP contribution is -2.11. The number of hydrogen-bond acceptors (Lipinski definition) is 1. The fourth-order valence-electron chi connectivity index (χ4n) is 8.49. The molecule has 0 unspecified atom stereocenters. The molecule has 0 radical (unpaired) electrons. The van der Waals surface area contributed by atoms with E-state index in [4.69, 9.17) is 0 Å². The number of benzene rings is 8. The maximum absolute atomic E-state index is 3.83. The summed E-state index contributed by atoms with van der Waals surface area (Å²) in [4.78, 5) is 6.28. The molecule has 1 N–H and O–H groups in total. The van der Waals surface area contributed by atoms with Crippen molar-refractivity contribution in [3.63, 3.8) is 0 Å². The molecule has 1 aromatic heterocycles. The van der Waals surface area contributed by atoms with Crippen molar-refractivity contribution < 1.29 is 0 Å². The zero-order valence-electron chi connectivity index (χ0n) is 29.9. The van der Waals surface area contributed by atoms with Gasteiger partial charge in [0.1, 0.15) is 0 Å². The van der Waals surface area contributed by atoms with Crippen LogP contribution in [0.1, 0.15) is 22.3 Å². The molecule has 0 atom stereocenters. The monoisotopic (exact) mass is 678 g/mol. The number of aromatic nitrogens is 1. The molecule has 0 fully saturated rings. The van der Waals surface area contributed by atoms with E-state index in [2.05, 4.69) is 200 Å². The third kappa shape index (κ3) is 5.26. The zero-order valence-corrected chi connectivity index (χ0v) is 29.9. The van der Waals surface area contributed by atoms with Gasteiger partial charge in [-0.25, -0.2) is 0 Å². The number of nitrogens with one attached hydrogen (secondary N) is 1. The molecule has 2 heteroatoms. The summed E-state index contributed by atoms with van der Waals surface area (Å²) in [7, 11) is 0. The van der Waals surface area contributed by atoms with Crippen LogP contribution in [0, 0.1) is 13.8 Å². The fourth-order valence-corrected chi connectivity index (χ4v) is 8.49. The van der Waals surface area contributed by atoms with Crippen molar-refractivity contribution in [2.45, 2.75) is 20.3 Å². The lowest BCUT2D eigenvalue weighted by Gasteiger charge is -2.28. The number of aryl methyl sites for hydroxylation is 2. The number of anilines is 3. The molecule has 9 aromatic rings. The van der Waals surface area contributed by atoms with Gasteiger partial charge in [0.25, 0.3) is 0 Å². The molecule has 0 saturated carbocycles. The minimum atomic E-state index is 0.973.